The van der Waals surface area contributed by atoms with Crippen LogP contribution in [0, 0.1) is 0 Å². The van der Waals surface area contributed by atoms with E-state index in [-0.39, 0.29) is 12.5 Å². The Kier molecular flexibility index (Phi) is 1.55. The third-order valence-corrected chi connectivity index (χ3v) is 1.72. The molecule has 0 spiro atoms. The summed E-state index contributed by atoms with van der Waals surface area (Å²) in [7, 11) is 0. The van der Waals surface area contributed by atoms with Crippen molar-refractivity contribution in [3.63, 3.8) is 0 Å². The molecule has 0 unspecified atom stereocenters. The molecule has 1 aliphatic heterocycles. The Balaban J connectivity index is 2.52. The summed E-state index contributed by atoms with van der Waals surface area (Å²) in [6, 6.07) is 0. The van der Waals surface area contributed by atoms with Crippen LogP contribution in [0.5, 0.6) is 0 Å². The van der Waals surface area contributed by atoms with Crippen LogP contribution in [-0.2, 0) is 6.54 Å². The van der Waals surface area contributed by atoms with Crippen molar-refractivity contribution in [3.05, 3.63) is 18.1 Å². The Hall–Kier alpha value is -1.08. The Morgan fingerprint density at radius 1 is 1.33 bits per heavy atom. The van der Waals surface area contributed by atoms with Crippen molar-refractivity contribution in [1.82, 2.24) is 20.1 Å². The highest BCUT2D eigenvalue weighted by atomic mass is 16.8. The fourth-order valence-corrected chi connectivity index (χ4v) is 1.19. The quantitative estimate of drug-likeness (QED) is 0.461. The smallest absolute Gasteiger partial charge is 0.259 e. The number of hydrogen-bond acceptors (Lipinski definition) is 5. The van der Waals surface area contributed by atoms with Gasteiger partial charge in [0.05, 0.1) is 12.7 Å². The molecule has 3 N–H and O–H groups in total. The molecule has 1 aromatic rings. The van der Waals surface area contributed by atoms with Crippen LogP contribution in [0.4, 0.5) is 5.82 Å². The number of hydroxylamine groups is 2. The average molecular weight is 169 g/mol. The normalized spacial score (nSPS) is 20.2. The van der Waals surface area contributed by atoms with E-state index in [0.29, 0.717) is 12.2 Å². The maximum absolute atomic E-state index is 9.35. The summed E-state index contributed by atoms with van der Waals surface area (Å²) in [6.07, 6.45) is 2.95. The fraction of sp³-hybridized carbons (Fsp3) is 0.333. The number of quaternary nitrogens is 1. The van der Waals surface area contributed by atoms with Gasteiger partial charge in [-0.05, 0) is 0 Å². The van der Waals surface area contributed by atoms with Crippen molar-refractivity contribution >= 4 is 5.82 Å². The van der Waals surface area contributed by atoms with Crippen LogP contribution >= 0.6 is 0 Å². The molecule has 0 radical (unpaired) electrons. The zero-order chi connectivity index (χ0) is 8.60. The zero-order valence-corrected chi connectivity index (χ0v) is 6.30. The van der Waals surface area contributed by atoms with E-state index in [1.165, 1.54) is 12.4 Å². The number of fused-ring (bicyclic) bond motifs is 1. The summed E-state index contributed by atoms with van der Waals surface area (Å²) < 4.78 is 0. The third kappa shape index (κ3) is 1.07. The Bertz CT molecular complexity index is 301. The van der Waals surface area contributed by atoms with Gasteiger partial charge in [0.2, 0.25) is 6.67 Å². The van der Waals surface area contributed by atoms with Crippen molar-refractivity contribution in [2.45, 2.75) is 6.54 Å². The predicted molar refractivity (Wildman–Crippen MR) is 39.1 cm³/mol. The minimum atomic E-state index is -1.23. The summed E-state index contributed by atoms with van der Waals surface area (Å²) >= 11 is 0. The van der Waals surface area contributed by atoms with Crippen LogP contribution in [0.3, 0.4) is 0 Å². The summed E-state index contributed by atoms with van der Waals surface area (Å²) in [5.74, 6) is 0.191. The fourth-order valence-electron chi connectivity index (χ4n) is 1.19. The van der Waals surface area contributed by atoms with Gasteiger partial charge in [0.15, 0.2) is 0 Å². The first kappa shape index (κ1) is 7.56. The first-order valence-electron chi connectivity index (χ1n) is 3.55. The van der Waals surface area contributed by atoms with Crippen LogP contribution in [0.1, 0.15) is 5.69 Å². The first-order valence-corrected chi connectivity index (χ1v) is 3.55. The van der Waals surface area contributed by atoms with E-state index in [0.717, 1.165) is 0 Å². The van der Waals surface area contributed by atoms with Crippen LogP contribution in [-0.4, -0.2) is 27.1 Å². The highest BCUT2D eigenvalue weighted by molar-refractivity contribution is 5.35. The molecule has 6 nitrogen and oxygen atoms in total. The maximum atomic E-state index is 9.35. The van der Waals surface area contributed by atoms with Gasteiger partial charge in [-0.3, -0.25) is 5.32 Å². The van der Waals surface area contributed by atoms with Crippen molar-refractivity contribution < 1.29 is 10.4 Å². The maximum Gasteiger partial charge on any atom is 0.318 e. The summed E-state index contributed by atoms with van der Waals surface area (Å²) in [5.41, 5.74) is 0.564. The molecule has 1 aromatic heterocycles. The molecule has 0 saturated carbocycles. The molecule has 12 heavy (non-hydrogen) atoms. The number of hydrogen-bond donors (Lipinski definition) is 3. The lowest BCUT2D eigenvalue weighted by atomic mass is 10.3. The molecule has 2 rings (SSSR count). The highest BCUT2D eigenvalue weighted by Gasteiger charge is 2.36. The van der Waals surface area contributed by atoms with E-state index in [4.69, 9.17) is 0 Å². The molecule has 0 aliphatic carbocycles. The van der Waals surface area contributed by atoms with Gasteiger partial charge in [-0.25, -0.2) is 4.98 Å². The van der Waals surface area contributed by atoms with Gasteiger partial charge in [-0.2, -0.15) is 15.4 Å². The molecule has 1 aliphatic rings. The summed E-state index contributed by atoms with van der Waals surface area (Å²) in [6.45, 7) is 0.552. The minimum Gasteiger partial charge on any atom is -0.259 e. The van der Waals surface area contributed by atoms with Gasteiger partial charge >= 0.3 is 5.82 Å². The lowest BCUT2D eigenvalue weighted by Gasteiger charge is -2.24. The van der Waals surface area contributed by atoms with Crippen LogP contribution < -0.4 is 10.1 Å². The highest BCUT2D eigenvalue weighted by Crippen LogP contribution is 2.20. The van der Waals surface area contributed by atoms with Crippen molar-refractivity contribution in [1.29, 1.82) is 0 Å². The topological polar surface area (TPSA) is 78.3 Å². The van der Waals surface area contributed by atoms with Gasteiger partial charge < -0.3 is 0 Å². The van der Waals surface area contributed by atoms with E-state index in [9.17, 15) is 10.4 Å². The number of nitrogens with one attached hydrogen (secondary N) is 1. The lowest BCUT2D eigenvalue weighted by Crippen LogP contribution is -2.53. The van der Waals surface area contributed by atoms with Crippen molar-refractivity contribution in [2.24, 2.45) is 0 Å². The second-order valence-electron chi connectivity index (χ2n) is 2.64. The Labute approximate surface area is 68.6 Å². The molecule has 0 atom stereocenters. The average Bonchev–Trinajstić information content (AvgIpc) is 2.04. The van der Waals surface area contributed by atoms with Gasteiger partial charge in [0.25, 0.3) is 0 Å². The molecule has 0 bridgehead atoms. The molecule has 6 heteroatoms. The van der Waals surface area contributed by atoms with E-state index in [1.54, 1.807) is 0 Å². The van der Waals surface area contributed by atoms with Crippen molar-refractivity contribution in [2.75, 3.05) is 6.67 Å². The van der Waals surface area contributed by atoms with Gasteiger partial charge in [-0.1, -0.05) is 0 Å². The molecule has 0 amide bonds. The van der Waals surface area contributed by atoms with Crippen LogP contribution in [0.2, 0.25) is 0 Å². The molecular formula is C6H9N4O2+. The van der Waals surface area contributed by atoms with Gasteiger partial charge in [-0.15, -0.1) is 0 Å². The molecular weight excluding hydrogens is 160 g/mol. The Morgan fingerprint density at radius 2 is 2.08 bits per heavy atom. The SMILES string of the molecule is O[N+]1(O)CNCc2nccnc21. The number of nitrogens with zero attached hydrogens (tertiary/aromatic N) is 3. The Morgan fingerprint density at radius 3 is 2.83 bits per heavy atom. The van der Waals surface area contributed by atoms with E-state index >= 15 is 0 Å². The van der Waals surface area contributed by atoms with Crippen LogP contribution in [0.15, 0.2) is 12.4 Å². The number of aromatic nitrogens is 2. The molecule has 0 aromatic carbocycles. The van der Waals surface area contributed by atoms with E-state index in [1.807, 2.05) is 0 Å². The first-order chi connectivity index (χ1) is 5.70. The predicted octanol–water partition coefficient (Wildman–Crippen LogP) is -0.377. The summed E-state index contributed by atoms with van der Waals surface area (Å²) in [4.78, 5) is 6.56. The minimum absolute atomic E-state index is 0.0334. The molecule has 0 fully saturated rings. The van der Waals surface area contributed by atoms with Gasteiger partial charge in [0.1, 0.15) is 5.69 Å². The summed E-state index contributed by atoms with van der Waals surface area (Å²) in [5, 5.41) is 21.5. The molecule has 0 saturated heterocycles. The molecule has 64 valence electrons. The van der Waals surface area contributed by atoms with Gasteiger partial charge in [0, 0.05) is 11.0 Å². The van der Waals surface area contributed by atoms with E-state index < -0.39 is 4.81 Å². The third-order valence-electron chi connectivity index (χ3n) is 1.72. The van der Waals surface area contributed by atoms with Crippen molar-refractivity contribution in [3.8, 4) is 0 Å². The monoisotopic (exact) mass is 169 g/mol. The van der Waals surface area contributed by atoms with E-state index in [2.05, 4.69) is 15.3 Å². The second kappa shape index (κ2) is 2.46. The zero-order valence-electron chi connectivity index (χ0n) is 6.30. The second-order valence-corrected chi connectivity index (χ2v) is 2.64. The number of rotatable bonds is 0. The molecule has 2 heterocycles. The largest absolute Gasteiger partial charge is 0.318 e. The standard InChI is InChI=1S/C6H9N4O2/c11-10(12)4-7-3-5-6(10)9-2-1-8-5/h1-2,7,11-12H,3-4H2/q+1. The van der Waals surface area contributed by atoms with Crippen LogP contribution in [0.25, 0.3) is 0 Å². The lowest BCUT2D eigenvalue weighted by molar-refractivity contribution is -0.300.